The van der Waals surface area contributed by atoms with Crippen molar-refractivity contribution in [1.29, 1.82) is 0 Å². The van der Waals surface area contributed by atoms with Crippen molar-refractivity contribution in [2.45, 2.75) is 39.7 Å². The van der Waals surface area contributed by atoms with Crippen LogP contribution in [0, 0.1) is 0 Å². The van der Waals surface area contributed by atoms with Gasteiger partial charge in [0, 0.05) is 12.2 Å². The Morgan fingerprint density at radius 2 is 2.00 bits per heavy atom. The molecule has 0 unspecified atom stereocenters. The van der Waals surface area contributed by atoms with Gasteiger partial charge >= 0.3 is 5.97 Å². The minimum Gasteiger partial charge on any atom is -0.477 e. The van der Waals surface area contributed by atoms with E-state index in [1.807, 2.05) is 22.8 Å². The molecule has 0 radical (unpaired) electrons. The van der Waals surface area contributed by atoms with Gasteiger partial charge in [0.15, 0.2) is 0 Å². The van der Waals surface area contributed by atoms with E-state index in [9.17, 15) is 9.90 Å². The second-order valence-electron chi connectivity index (χ2n) is 5.34. The molecule has 3 heteroatoms. The molecule has 0 saturated heterocycles. The van der Waals surface area contributed by atoms with Crippen molar-refractivity contribution < 1.29 is 9.90 Å². The fourth-order valence-electron chi connectivity index (χ4n) is 2.43. The number of aromatic carboxylic acids is 1. The molecule has 0 saturated carbocycles. The number of hydrogen-bond donors (Lipinski definition) is 1. The SMILES string of the molecule is CCCn1c(C(=O)O)ccc1-c1cccc(C(C)C)c1. The molecule has 1 aromatic heterocycles. The lowest BCUT2D eigenvalue weighted by Gasteiger charge is -2.12. The lowest BCUT2D eigenvalue weighted by atomic mass is 10.00. The molecule has 2 rings (SSSR count). The van der Waals surface area contributed by atoms with Crippen molar-refractivity contribution in [3.63, 3.8) is 0 Å². The first-order chi connectivity index (χ1) is 9.54. The maximum atomic E-state index is 11.3. The van der Waals surface area contributed by atoms with Crippen LogP contribution in [0.4, 0.5) is 0 Å². The van der Waals surface area contributed by atoms with Crippen molar-refractivity contribution in [1.82, 2.24) is 4.57 Å². The molecule has 1 aromatic carbocycles. The number of carboxylic acids is 1. The second-order valence-corrected chi connectivity index (χ2v) is 5.34. The van der Waals surface area contributed by atoms with Gasteiger partial charge in [0.05, 0.1) is 0 Å². The largest absolute Gasteiger partial charge is 0.477 e. The summed E-state index contributed by atoms with van der Waals surface area (Å²) < 4.78 is 1.89. The number of hydrogen-bond acceptors (Lipinski definition) is 1. The molecule has 106 valence electrons. The topological polar surface area (TPSA) is 42.2 Å². The fraction of sp³-hybridized carbons (Fsp3) is 0.353. The molecule has 2 aromatic rings. The summed E-state index contributed by atoms with van der Waals surface area (Å²) in [5, 5.41) is 9.27. The highest BCUT2D eigenvalue weighted by atomic mass is 16.4. The van der Waals surface area contributed by atoms with Crippen molar-refractivity contribution in [2.24, 2.45) is 0 Å². The minimum absolute atomic E-state index is 0.358. The molecule has 3 nitrogen and oxygen atoms in total. The Balaban J connectivity index is 2.52. The molecule has 1 heterocycles. The van der Waals surface area contributed by atoms with E-state index >= 15 is 0 Å². The highest BCUT2D eigenvalue weighted by molar-refractivity contribution is 5.87. The van der Waals surface area contributed by atoms with Crippen LogP contribution in [-0.4, -0.2) is 15.6 Å². The number of carbonyl (C=O) groups is 1. The first kappa shape index (κ1) is 14.4. The van der Waals surface area contributed by atoms with E-state index in [1.165, 1.54) is 5.56 Å². The lowest BCUT2D eigenvalue weighted by Crippen LogP contribution is -2.09. The molecule has 0 aliphatic rings. The second kappa shape index (κ2) is 5.95. The van der Waals surface area contributed by atoms with Crippen LogP contribution in [0.15, 0.2) is 36.4 Å². The zero-order valence-electron chi connectivity index (χ0n) is 12.3. The van der Waals surface area contributed by atoms with Crippen LogP contribution in [0.3, 0.4) is 0 Å². The van der Waals surface area contributed by atoms with Crippen LogP contribution in [0.25, 0.3) is 11.3 Å². The Bertz CT molecular complexity index is 611. The van der Waals surface area contributed by atoms with Gasteiger partial charge in [-0.15, -0.1) is 0 Å². The maximum Gasteiger partial charge on any atom is 0.352 e. The summed E-state index contributed by atoms with van der Waals surface area (Å²) in [4.78, 5) is 11.3. The number of benzene rings is 1. The molecule has 0 spiro atoms. The van der Waals surface area contributed by atoms with Gasteiger partial charge in [0.25, 0.3) is 0 Å². The van der Waals surface area contributed by atoms with E-state index in [4.69, 9.17) is 0 Å². The van der Waals surface area contributed by atoms with E-state index in [0.717, 1.165) is 24.2 Å². The summed E-state index contributed by atoms with van der Waals surface area (Å²) in [5.74, 6) is -0.409. The zero-order chi connectivity index (χ0) is 14.7. The minimum atomic E-state index is -0.871. The maximum absolute atomic E-state index is 11.3. The molecule has 0 aliphatic heterocycles. The van der Waals surface area contributed by atoms with E-state index in [2.05, 4.69) is 32.9 Å². The number of nitrogens with zero attached hydrogens (tertiary/aromatic N) is 1. The van der Waals surface area contributed by atoms with E-state index in [1.54, 1.807) is 6.07 Å². The van der Waals surface area contributed by atoms with Crippen LogP contribution in [0.1, 0.15) is 49.2 Å². The molecule has 0 aliphatic carbocycles. The molecular formula is C17H21NO2. The van der Waals surface area contributed by atoms with Gasteiger partial charge in [-0.2, -0.15) is 0 Å². The monoisotopic (exact) mass is 271 g/mol. The Morgan fingerprint density at radius 3 is 2.60 bits per heavy atom. The van der Waals surface area contributed by atoms with Gasteiger partial charge in [0.1, 0.15) is 5.69 Å². The zero-order valence-corrected chi connectivity index (χ0v) is 12.3. The van der Waals surface area contributed by atoms with Gasteiger partial charge in [-0.3, -0.25) is 0 Å². The lowest BCUT2D eigenvalue weighted by molar-refractivity contribution is 0.0685. The van der Waals surface area contributed by atoms with Crippen molar-refractivity contribution in [3.8, 4) is 11.3 Å². The van der Waals surface area contributed by atoms with Gasteiger partial charge < -0.3 is 9.67 Å². The quantitative estimate of drug-likeness (QED) is 0.876. The van der Waals surface area contributed by atoms with Crippen molar-refractivity contribution in [3.05, 3.63) is 47.7 Å². The predicted molar refractivity (Wildman–Crippen MR) is 81.2 cm³/mol. The summed E-state index contributed by atoms with van der Waals surface area (Å²) in [6.07, 6.45) is 0.909. The highest BCUT2D eigenvalue weighted by Crippen LogP contribution is 2.26. The van der Waals surface area contributed by atoms with Crippen molar-refractivity contribution >= 4 is 5.97 Å². The van der Waals surface area contributed by atoms with Crippen LogP contribution in [0.5, 0.6) is 0 Å². The van der Waals surface area contributed by atoms with Crippen molar-refractivity contribution in [2.75, 3.05) is 0 Å². The third kappa shape index (κ3) is 2.77. The fourth-order valence-corrected chi connectivity index (χ4v) is 2.43. The molecule has 0 bridgehead atoms. The molecule has 1 N–H and O–H groups in total. The summed E-state index contributed by atoms with van der Waals surface area (Å²) >= 11 is 0. The number of rotatable bonds is 5. The van der Waals surface area contributed by atoms with Gasteiger partial charge in [-0.05, 0) is 41.7 Å². The Labute approximate surface area is 119 Å². The summed E-state index contributed by atoms with van der Waals surface area (Å²) in [6.45, 7) is 7.09. The molecule has 20 heavy (non-hydrogen) atoms. The number of aromatic nitrogens is 1. The predicted octanol–water partition coefficient (Wildman–Crippen LogP) is 4.39. The third-order valence-electron chi connectivity index (χ3n) is 3.50. The summed E-state index contributed by atoms with van der Waals surface area (Å²) in [7, 11) is 0. The molecular weight excluding hydrogens is 250 g/mol. The number of carboxylic acid groups (broad SMARTS) is 1. The summed E-state index contributed by atoms with van der Waals surface area (Å²) in [5.41, 5.74) is 3.68. The Hall–Kier alpha value is -2.03. The normalized spacial score (nSPS) is 11.0. The summed E-state index contributed by atoms with van der Waals surface area (Å²) in [6, 6.07) is 11.9. The Morgan fingerprint density at radius 1 is 1.25 bits per heavy atom. The first-order valence-corrected chi connectivity index (χ1v) is 7.07. The average Bonchev–Trinajstić information content (AvgIpc) is 2.83. The van der Waals surface area contributed by atoms with E-state index < -0.39 is 5.97 Å². The van der Waals surface area contributed by atoms with Crippen LogP contribution in [-0.2, 0) is 6.54 Å². The van der Waals surface area contributed by atoms with Gasteiger partial charge in [-0.1, -0.05) is 39.0 Å². The molecule has 0 atom stereocenters. The Kier molecular flexibility index (Phi) is 4.28. The van der Waals surface area contributed by atoms with Crippen LogP contribution in [0.2, 0.25) is 0 Å². The average molecular weight is 271 g/mol. The van der Waals surface area contributed by atoms with Gasteiger partial charge in [-0.25, -0.2) is 4.79 Å². The molecule has 0 fully saturated rings. The van der Waals surface area contributed by atoms with Gasteiger partial charge in [0.2, 0.25) is 0 Å². The first-order valence-electron chi connectivity index (χ1n) is 7.07. The van der Waals surface area contributed by atoms with E-state index in [-0.39, 0.29) is 0 Å². The highest BCUT2D eigenvalue weighted by Gasteiger charge is 2.15. The molecule has 0 amide bonds. The smallest absolute Gasteiger partial charge is 0.352 e. The standard InChI is InChI=1S/C17H21NO2/c1-4-10-18-15(8-9-16(18)17(19)20)14-7-5-6-13(11-14)12(2)3/h5-9,11-12H,4,10H2,1-3H3,(H,19,20). The van der Waals surface area contributed by atoms with Crippen LogP contribution >= 0.6 is 0 Å². The van der Waals surface area contributed by atoms with Crippen LogP contribution < -0.4 is 0 Å². The third-order valence-corrected chi connectivity index (χ3v) is 3.50. The van der Waals surface area contributed by atoms with E-state index in [0.29, 0.717) is 11.6 Å².